The van der Waals surface area contributed by atoms with Crippen LogP contribution in [0.15, 0.2) is 22.2 Å². The van der Waals surface area contributed by atoms with Crippen LogP contribution in [0.1, 0.15) is 26.2 Å². The minimum atomic E-state index is -0.262. The molecule has 1 aliphatic rings. The van der Waals surface area contributed by atoms with Crippen LogP contribution in [0.3, 0.4) is 0 Å². The van der Waals surface area contributed by atoms with Gasteiger partial charge in [-0.1, -0.05) is 22.0 Å². The van der Waals surface area contributed by atoms with Gasteiger partial charge in [0.1, 0.15) is 0 Å². The molecule has 2 nitrogen and oxygen atoms in total. The van der Waals surface area contributed by atoms with Gasteiger partial charge in [-0.25, -0.2) is 4.79 Å². The van der Waals surface area contributed by atoms with Crippen LogP contribution < -0.4 is 0 Å². The molecule has 0 saturated heterocycles. The molecule has 0 aromatic heterocycles. The monoisotopic (exact) mass is 244 g/mol. The number of carbonyl (C=O) groups is 1. The van der Waals surface area contributed by atoms with Crippen LogP contribution in [-0.4, -0.2) is 12.6 Å². The highest BCUT2D eigenvalue weighted by molar-refractivity contribution is 9.11. The molecule has 0 aromatic rings. The fraction of sp³-hybridized carbons (Fsp3) is 0.500. The molecule has 0 N–H and O–H groups in total. The second-order valence-corrected chi connectivity index (χ2v) is 3.83. The van der Waals surface area contributed by atoms with E-state index < -0.39 is 0 Å². The number of carbonyl (C=O) groups excluding carboxylic acids is 1. The van der Waals surface area contributed by atoms with Crippen LogP contribution in [0.2, 0.25) is 0 Å². The fourth-order valence-corrected chi connectivity index (χ4v) is 1.87. The summed E-state index contributed by atoms with van der Waals surface area (Å²) in [6.45, 7) is 2.24. The van der Waals surface area contributed by atoms with Gasteiger partial charge < -0.3 is 4.74 Å². The van der Waals surface area contributed by atoms with E-state index in [1.165, 1.54) is 22.6 Å². The molecule has 13 heavy (non-hydrogen) atoms. The molecule has 0 radical (unpaired) electrons. The number of halogens is 1. The molecule has 0 bridgehead atoms. The van der Waals surface area contributed by atoms with Crippen LogP contribution in [0, 0.1) is 0 Å². The van der Waals surface area contributed by atoms with E-state index in [0.29, 0.717) is 6.61 Å². The Bertz CT molecular complexity index is 254. The molecule has 0 aromatic carbocycles. The molecule has 0 atom stereocenters. The minimum absolute atomic E-state index is 0.262. The van der Waals surface area contributed by atoms with E-state index in [-0.39, 0.29) is 5.97 Å². The van der Waals surface area contributed by atoms with E-state index in [9.17, 15) is 4.79 Å². The van der Waals surface area contributed by atoms with Gasteiger partial charge in [0.25, 0.3) is 0 Å². The maximum atomic E-state index is 11.0. The Morgan fingerprint density at radius 3 is 2.92 bits per heavy atom. The third kappa shape index (κ3) is 3.35. The number of ether oxygens (including phenoxy) is 1. The summed E-state index contributed by atoms with van der Waals surface area (Å²) in [6, 6.07) is 0. The lowest BCUT2D eigenvalue weighted by Crippen LogP contribution is -1.98. The summed E-state index contributed by atoms with van der Waals surface area (Å²) in [6.07, 6.45) is 6.64. The third-order valence-electron chi connectivity index (χ3n) is 1.90. The van der Waals surface area contributed by atoms with Crippen LogP contribution in [0.25, 0.3) is 0 Å². The average Bonchev–Trinajstić information content (AvgIpc) is 2.48. The Hall–Kier alpha value is -0.570. The number of allylic oxidation sites excluding steroid dienone is 3. The highest BCUT2D eigenvalue weighted by Crippen LogP contribution is 2.30. The maximum Gasteiger partial charge on any atom is 0.330 e. The van der Waals surface area contributed by atoms with Gasteiger partial charge in [0, 0.05) is 6.08 Å². The zero-order valence-corrected chi connectivity index (χ0v) is 9.26. The Morgan fingerprint density at radius 2 is 2.38 bits per heavy atom. The molecular weight excluding hydrogens is 232 g/mol. The van der Waals surface area contributed by atoms with Crippen LogP contribution in [-0.2, 0) is 9.53 Å². The summed E-state index contributed by atoms with van der Waals surface area (Å²) >= 11 is 3.47. The molecule has 72 valence electrons. The summed E-state index contributed by atoms with van der Waals surface area (Å²) in [4.78, 5) is 11.0. The molecule has 0 amide bonds. The average molecular weight is 245 g/mol. The van der Waals surface area contributed by atoms with E-state index in [1.54, 1.807) is 6.92 Å². The molecular formula is C10H13BrO2. The van der Waals surface area contributed by atoms with Gasteiger partial charge in [0.15, 0.2) is 0 Å². The minimum Gasteiger partial charge on any atom is -0.463 e. The van der Waals surface area contributed by atoms with Crippen molar-refractivity contribution in [3.05, 3.63) is 22.2 Å². The second-order valence-electron chi connectivity index (χ2n) is 2.87. The Morgan fingerprint density at radius 1 is 1.62 bits per heavy atom. The van der Waals surface area contributed by atoms with E-state index >= 15 is 0 Å². The first kappa shape index (κ1) is 10.5. The van der Waals surface area contributed by atoms with Crippen molar-refractivity contribution in [3.8, 4) is 0 Å². The van der Waals surface area contributed by atoms with Gasteiger partial charge in [-0.2, -0.15) is 0 Å². The summed E-state index contributed by atoms with van der Waals surface area (Å²) in [5.74, 6) is -0.262. The van der Waals surface area contributed by atoms with Crippen molar-refractivity contribution < 1.29 is 9.53 Å². The summed E-state index contributed by atoms with van der Waals surface area (Å²) < 4.78 is 5.99. The Labute approximate surface area is 86.8 Å². The molecule has 1 aliphatic carbocycles. The van der Waals surface area contributed by atoms with Gasteiger partial charge in [-0.3, -0.25) is 0 Å². The number of hydrogen-bond acceptors (Lipinski definition) is 2. The molecule has 3 heteroatoms. The summed E-state index contributed by atoms with van der Waals surface area (Å²) in [5.41, 5.74) is 1.22. The smallest absolute Gasteiger partial charge is 0.330 e. The van der Waals surface area contributed by atoms with Crippen molar-refractivity contribution in [2.45, 2.75) is 26.2 Å². The van der Waals surface area contributed by atoms with Crippen LogP contribution >= 0.6 is 15.9 Å². The first-order valence-electron chi connectivity index (χ1n) is 4.46. The molecule has 0 unspecified atom stereocenters. The largest absolute Gasteiger partial charge is 0.463 e. The van der Waals surface area contributed by atoms with Gasteiger partial charge in [-0.15, -0.1) is 0 Å². The SMILES string of the molecule is CCOC(=O)/C=C/C1=C(Br)CCC1. The van der Waals surface area contributed by atoms with Gasteiger partial charge >= 0.3 is 5.97 Å². The maximum absolute atomic E-state index is 11.0. The van der Waals surface area contributed by atoms with Crippen molar-refractivity contribution in [2.75, 3.05) is 6.61 Å². The van der Waals surface area contributed by atoms with Crippen molar-refractivity contribution in [2.24, 2.45) is 0 Å². The van der Waals surface area contributed by atoms with Crippen molar-refractivity contribution >= 4 is 21.9 Å². The van der Waals surface area contributed by atoms with Crippen molar-refractivity contribution in [1.82, 2.24) is 0 Å². The molecule has 1 rings (SSSR count). The first-order chi connectivity index (χ1) is 6.24. The van der Waals surface area contributed by atoms with Crippen molar-refractivity contribution in [3.63, 3.8) is 0 Å². The predicted molar refractivity (Wildman–Crippen MR) is 55.6 cm³/mol. The summed E-state index contributed by atoms with van der Waals surface area (Å²) in [5, 5.41) is 0. The lowest BCUT2D eigenvalue weighted by atomic mass is 10.2. The van der Waals surface area contributed by atoms with E-state index in [1.807, 2.05) is 6.08 Å². The predicted octanol–water partition coefficient (Wildman–Crippen LogP) is 2.94. The zero-order chi connectivity index (χ0) is 9.68. The van der Waals surface area contributed by atoms with Crippen LogP contribution in [0.5, 0.6) is 0 Å². The topological polar surface area (TPSA) is 26.3 Å². The molecule has 0 heterocycles. The molecule has 0 saturated carbocycles. The summed E-state index contributed by atoms with van der Waals surface area (Å²) in [7, 11) is 0. The van der Waals surface area contributed by atoms with Gasteiger partial charge in [0.2, 0.25) is 0 Å². The van der Waals surface area contributed by atoms with Crippen molar-refractivity contribution in [1.29, 1.82) is 0 Å². The fourth-order valence-electron chi connectivity index (χ4n) is 1.26. The van der Waals surface area contributed by atoms with E-state index in [2.05, 4.69) is 15.9 Å². The van der Waals surface area contributed by atoms with Gasteiger partial charge in [-0.05, 0) is 36.2 Å². The normalized spacial score (nSPS) is 17.1. The molecule has 0 spiro atoms. The number of rotatable bonds is 3. The number of hydrogen-bond donors (Lipinski definition) is 0. The van der Waals surface area contributed by atoms with Crippen LogP contribution in [0.4, 0.5) is 0 Å². The highest BCUT2D eigenvalue weighted by atomic mass is 79.9. The first-order valence-corrected chi connectivity index (χ1v) is 5.25. The van der Waals surface area contributed by atoms with E-state index in [4.69, 9.17) is 4.74 Å². The molecule has 0 fully saturated rings. The lowest BCUT2D eigenvalue weighted by Gasteiger charge is -1.95. The lowest BCUT2D eigenvalue weighted by molar-refractivity contribution is -0.137. The standard InChI is InChI=1S/C10H13BrO2/c1-2-13-10(12)7-6-8-4-3-5-9(8)11/h6-7H,2-5H2,1H3/b7-6+. The Balaban J connectivity index is 2.48. The van der Waals surface area contributed by atoms with E-state index in [0.717, 1.165) is 12.8 Å². The quantitative estimate of drug-likeness (QED) is 0.564. The molecule has 0 aliphatic heterocycles. The zero-order valence-electron chi connectivity index (χ0n) is 7.68. The third-order valence-corrected chi connectivity index (χ3v) is 2.80. The second kappa shape index (κ2) is 5.22. The Kier molecular flexibility index (Phi) is 4.22. The highest BCUT2D eigenvalue weighted by Gasteiger charge is 2.09. The number of esters is 1. The van der Waals surface area contributed by atoms with Gasteiger partial charge in [0.05, 0.1) is 6.61 Å².